The monoisotopic (exact) mass is 498 g/mol. The van der Waals surface area contributed by atoms with Gasteiger partial charge in [-0.1, -0.05) is 30.3 Å². The Morgan fingerprint density at radius 3 is 2.69 bits per heavy atom. The summed E-state index contributed by atoms with van der Waals surface area (Å²) in [7, 11) is 0. The molecular formula is C27H26N6O2S. The van der Waals surface area contributed by atoms with Gasteiger partial charge in [0, 0.05) is 35.9 Å². The number of benzene rings is 2. The summed E-state index contributed by atoms with van der Waals surface area (Å²) in [6, 6.07) is 15.2. The van der Waals surface area contributed by atoms with Crippen molar-refractivity contribution in [1.82, 2.24) is 30.0 Å². The van der Waals surface area contributed by atoms with Crippen molar-refractivity contribution in [3.63, 3.8) is 0 Å². The van der Waals surface area contributed by atoms with Gasteiger partial charge in [-0.3, -0.25) is 19.0 Å². The summed E-state index contributed by atoms with van der Waals surface area (Å²) in [5.41, 5.74) is 5.14. The molecule has 0 radical (unpaired) electrons. The molecule has 1 atom stereocenters. The first-order valence-corrected chi connectivity index (χ1v) is 12.6. The molecule has 3 heterocycles. The normalized spacial score (nSPS) is 12.1. The number of hydrogen-bond acceptors (Lipinski definition) is 6. The molecule has 1 unspecified atom stereocenters. The molecule has 36 heavy (non-hydrogen) atoms. The molecule has 2 N–H and O–H groups in total. The number of nitrogens with one attached hydrogen (secondary N) is 2. The second kappa shape index (κ2) is 10.2. The molecule has 2 amide bonds. The summed E-state index contributed by atoms with van der Waals surface area (Å²) < 4.78 is 1.81. The van der Waals surface area contributed by atoms with Gasteiger partial charge in [0.25, 0.3) is 11.8 Å². The highest BCUT2D eigenvalue weighted by molar-refractivity contribution is 7.15. The number of nitrogens with zero attached hydrogens (tertiary/aromatic N) is 4. The third-order valence-electron chi connectivity index (χ3n) is 6.01. The van der Waals surface area contributed by atoms with E-state index in [0.29, 0.717) is 41.9 Å². The summed E-state index contributed by atoms with van der Waals surface area (Å²) in [5, 5.41) is 8.06. The van der Waals surface area contributed by atoms with E-state index in [1.165, 1.54) is 11.3 Å². The molecule has 5 aromatic rings. The average molecular weight is 499 g/mol. The predicted octanol–water partition coefficient (Wildman–Crippen LogP) is 4.12. The molecule has 0 fully saturated rings. The summed E-state index contributed by atoms with van der Waals surface area (Å²) in [5.74, 6) is -0.357. The van der Waals surface area contributed by atoms with Gasteiger partial charge < -0.3 is 10.6 Å². The van der Waals surface area contributed by atoms with E-state index in [1.807, 2.05) is 66.2 Å². The van der Waals surface area contributed by atoms with Crippen LogP contribution in [0, 0.1) is 13.8 Å². The molecule has 0 aliphatic carbocycles. The van der Waals surface area contributed by atoms with E-state index >= 15 is 0 Å². The van der Waals surface area contributed by atoms with Gasteiger partial charge in [-0.05, 0) is 50.5 Å². The van der Waals surface area contributed by atoms with Crippen LogP contribution in [0.5, 0.6) is 0 Å². The van der Waals surface area contributed by atoms with Gasteiger partial charge in [0.15, 0.2) is 4.96 Å². The smallest absolute Gasteiger partial charge is 0.270 e. The number of aryl methyl sites for hydroxylation is 2. The van der Waals surface area contributed by atoms with Crippen LogP contribution in [0.25, 0.3) is 16.0 Å². The highest BCUT2D eigenvalue weighted by atomic mass is 32.1. The van der Waals surface area contributed by atoms with Crippen molar-refractivity contribution in [1.29, 1.82) is 0 Å². The Labute approximate surface area is 212 Å². The average Bonchev–Trinajstić information content (AvgIpc) is 3.44. The molecule has 2 aromatic carbocycles. The molecule has 0 aliphatic heterocycles. The molecule has 5 rings (SSSR count). The number of hydrogen-bond donors (Lipinski definition) is 2. The van der Waals surface area contributed by atoms with Gasteiger partial charge in [-0.25, -0.2) is 9.97 Å². The zero-order valence-corrected chi connectivity index (χ0v) is 20.9. The van der Waals surface area contributed by atoms with Crippen molar-refractivity contribution < 1.29 is 9.59 Å². The number of aromatic nitrogens is 4. The van der Waals surface area contributed by atoms with Gasteiger partial charge >= 0.3 is 0 Å². The van der Waals surface area contributed by atoms with E-state index in [0.717, 1.165) is 21.7 Å². The number of amides is 2. The highest BCUT2D eigenvalue weighted by Crippen LogP contribution is 2.17. The summed E-state index contributed by atoms with van der Waals surface area (Å²) in [4.78, 5) is 40.1. The molecule has 0 aliphatic rings. The van der Waals surface area contributed by atoms with Crippen LogP contribution >= 0.6 is 11.3 Å². The molecule has 0 saturated carbocycles. The minimum Gasteiger partial charge on any atom is -0.351 e. The Hall–Kier alpha value is -4.11. The number of fused-ring (bicyclic) bond motifs is 2. The molecule has 9 heteroatoms. The lowest BCUT2D eigenvalue weighted by molar-refractivity contribution is 0.0932. The second-order valence-corrected chi connectivity index (χ2v) is 9.59. The molecule has 8 nitrogen and oxygen atoms in total. The maximum atomic E-state index is 13.1. The zero-order chi connectivity index (χ0) is 25.1. The van der Waals surface area contributed by atoms with Crippen molar-refractivity contribution in [2.24, 2.45) is 0 Å². The quantitative estimate of drug-likeness (QED) is 0.335. The zero-order valence-electron chi connectivity index (χ0n) is 20.1. The van der Waals surface area contributed by atoms with Crippen molar-refractivity contribution in [2.45, 2.75) is 32.7 Å². The van der Waals surface area contributed by atoms with Crippen molar-refractivity contribution in [3.05, 3.63) is 94.5 Å². The predicted molar refractivity (Wildman–Crippen MR) is 140 cm³/mol. The van der Waals surface area contributed by atoms with Gasteiger partial charge in [-0.2, -0.15) is 0 Å². The van der Waals surface area contributed by atoms with E-state index in [-0.39, 0.29) is 17.9 Å². The van der Waals surface area contributed by atoms with E-state index in [9.17, 15) is 9.59 Å². The first-order valence-electron chi connectivity index (χ1n) is 11.8. The van der Waals surface area contributed by atoms with Crippen LogP contribution in [-0.2, 0) is 6.42 Å². The Balaban J connectivity index is 1.28. The summed E-state index contributed by atoms with van der Waals surface area (Å²) >= 11 is 1.49. The third kappa shape index (κ3) is 5.11. The summed E-state index contributed by atoms with van der Waals surface area (Å²) in [6.45, 7) is 4.13. The minimum absolute atomic E-state index is 0.173. The third-order valence-corrected chi connectivity index (χ3v) is 6.77. The highest BCUT2D eigenvalue weighted by Gasteiger charge is 2.19. The lowest BCUT2D eigenvalue weighted by Gasteiger charge is -2.19. The van der Waals surface area contributed by atoms with Crippen molar-refractivity contribution in [2.75, 3.05) is 6.54 Å². The summed E-state index contributed by atoms with van der Waals surface area (Å²) in [6.07, 6.45) is 4.76. The van der Waals surface area contributed by atoms with Crippen LogP contribution in [0.15, 0.2) is 66.3 Å². The van der Waals surface area contributed by atoms with E-state index in [2.05, 4.69) is 25.6 Å². The molecule has 3 aromatic heterocycles. The van der Waals surface area contributed by atoms with Crippen molar-refractivity contribution in [3.8, 4) is 0 Å². The Bertz CT molecular complexity index is 1540. The van der Waals surface area contributed by atoms with Crippen LogP contribution in [0.2, 0.25) is 0 Å². The fourth-order valence-electron chi connectivity index (χ4n) is 4.25. The van der Waals surface area contributed by atoms with Crippen LogP contribution in [-0.4, -0.2) is 43.8 Å². The largest absolute Gasteiger partial charge is 0.351 e. The Morgan fingerprint density at radius 1 is 1.03 bits per heavy atom. The lowest BCUT2D eigenvalue weighted by Crippen LogP contribution is -2.39. The number of imidazole rings is 1. The first-order chi connectivity index (χ1) is 17.5. The number of carbonyl (C=O) groups excluding carboxylic acids is 2. The van der Waals surface area contributed by atoms with E-state index in [4.69, 9.17) is 0 Å². The van der Waals surface area contributed by atoms with Gasteiger partial charge in [0.05, 0.1) is 22.4 Å². The second-order valence-electron chi connectivity index (χ2n) is 8.72. The van der Waals surface area contributed by atoms with Crippen LogP contribution in [0.1, 0.15) is 44.2 Å². The van der Waals surface area contributed by atoms with E-state index < -0.39 is 0 Å². The van der Waals surface area contributed by atoms with Gasteiger partial charge in [0.1, 0.15) is 5.69 Å². The Morgan fingerprint density at radius 2 is 1.86 bits per heavy atom. The number of thiazole rings is 1. The fraction of sp³-hybridized carbons (Fsp3) is 0.222. The minimum atomic E-state index is -0.182. The van der Waals surface area contributed by atoms with Crippen molar-refractivity contribution >= 4 is 39.1 Å². The molecule has 0 bridgehead atoms. The van der Waals surface area contributed by atoms with Crippen LogP contribution < -0.4 is 10.6 Å². The van der Waals surface area contributed by atoms with Gasteiger partial charge in [-0.15, -0.1) is 11.3 Å². The van der Waals surface area contributed by atoms with E-state index in [1.54, 1.807) is 18.3 Å². The maximum Gasteiger partial charge on any atom is 0.270 e. The topological polar surface area (TPSA) is 101 Å². The number of rotatable bonds is 8. The van der Waals surface area contributed by atoms with Crippen LogP contribution in [0.4, 0.5) is 0 Å². The SMILES string of the molecule is Cc1cnc2cc(C(=O)NC(CCNC(=O)c3c(C)nc4sccn34)Cc3ccccc3)ccc2n1. The molecular weight excluding hydrogens is 472 g/mol. The maximum absolute atomic E-state index is 13.1. The first kappa shape index (κ1) is 23.6. The molecule has 182 valence electrons. The molecule has 0 saturated heterocycles. The lowest BCUT2D eigenvalue weighted by atomic mass is 10.0. The molecule has 0 spiro atoms. The number of carbonyl (C=O) groups is 2. The van der Waals surface area contributed by atoms with Gasteiger partial charge in [0.2, 0.25) is 0 Å². The van der Waals surface area contributed by atoms with Crippen LogP contribution in [0.3, 0.4) is 0 Å². The standard InChI is InChI=1S/C27H26N6O2S/c1-17-16-29-23-15-20(8-9-22(23)30-17)25(34)32-21(14-19-6-4-3-5-7-19)10-11-28-26(35)24-18(2)31-27-33(24)12-13-36-27/h3-9,12-13,15-16,21H,10-11,14H2,1-2H3,(H,28,35)(H,32,34). The fourth-order valence-corrected chi connectivity index (χ4v) is 5.01. The Kier molecular flexibility index (Phi) is 6.73.